The zero-order valence-electron chi connectivity index (χ0n) is 10.5. The third-order valence-electron chi connectivity index (χ3n) is 2.92. The second kappa shape index (κ2) is 5.59. The van der Waals surface area contributed by atoms with Crippen molar-refractivity contribution in [3.05, 3.63) is 23.8 Å². The average Bonchev–Trinajstić information content (AvgIpc) is 2.46. The van der Waals surface area contributed by atoms with E-state index >= 15 is 0 Å². The molecule has 0 saturated carbocycles. The molecule has 19 heavy (non-hydrogen) atoms. The monoisotopic (exact) mass is 262 g/mol. The number of carbonyl (C=O) groups is 1. The summed E-state index contributed by atoms with van der Waals surface area (Å²) in [7, 11) is 1.44. The van der Waals surface area contributed by atoms with Gasteiger partial charge in [-0.2, -0.15) is 5.26 Å². The van der Waals surface area contributed by atoms with Crippen molar-refractivity contribution < 1.29 is 19.4 Å². The molecule has 1 aliphatic heterocycles. The molecule has 0 spiro atoms. The van der Waals surface area contributed by atoms with Gasteiger partial charge in [-0.15, -0.1) is 0 Å². The van der Waals surface area contributed by atoms with Crippen LogP contribution in [0.15, 0.2) is 18.2 Å². The van der Waals surface area contributed by atoms with E-state index in [0.717, 1.165) is 0 Å². The minimum atomic E-state index is -0.593. The topological polar surface area (TPSA) is 82.8 Å². The van der Waals surface area contributed by atoms with Gasteiger partial charge in [-0.05, 0) is 18.2 Å². The van der Waals surface area contributed by atoms with Crippen LogP contribution in [-0.4, -0.2) is 48.8 Å². The Labute approximate surface area is 110 Å². The van der Waals surface area contributed by atoms with Gasteiger partial charge >= 0.3 is 0 Å². The first kappa shape index (κ1) is 13.2. The Morgan fingerprint density at radius 3 is 3.05 bits per heavy atom. The molecule has 6 nitrogen and oxygen atoms in total. The Balaban J connectivity index is 2.15. The first-order valence-electron chi connectivity index (χ1n) is 5.83. The maximum absolute atomic E-state index is 12.2. The van der Waals surface area contributed by atoms with Crippen molar-refractivity contribution in [3.63, 3.8) is 0 Å². The van der Waals surface area contributed by atoms with Gasteiger partial charge < -0.3 is 19.5 Å². The van der Waals surface area contributed by atoms with Crippen LogP contribution in [0.25, 0.3) is 0 Å². The summed E-state index contributed by atoms with van der Waals surface area (Å²) in [5.41, 5.74) is 0.358. The number of aromatic hydroxyl groups is 1. The van der Waals surface area contributed by atoms with Gasteiger partial charge in [0.15, 0.2) is 17.6 Å². The molecule has 1 unspecified atom stereocenters. The molecule has 1 heterocycles. The Bertz CT molecular complexity index is 524. The van der Waals surface area contributed by atoms with E-state index in [4.69, 9.17) is 14.7 Å². The third kappa shape index (κ3) is 2.77. The number of carbonyl (C=O) groups excluding carboxylic acids is 1. The van der Waals surface area contributed by atoms with Crippen LogP contribution >= 0.6 is 0 Å². The number of ether oxygens (including phenoxy) is 2. The molecule has 6 heteroatoms. The molecule has 1 aliphatic rings. The molecule has 0 bridgehead atoms. The van der Waals surface area contributed by atoms with E-state index in [-0.39, 0.29) is 18.2 Å². The van der Waals surface area contributed by atoms with Crippen molar-refractivity contribution in [1.82, 2.24) is 4.90 Å². The maximum Gasteiger partial charge on any atom is 0.254 e. The smallest absolute Gasteiger partial charge is 0.254 e. The van der Waals surface area contributed by atoms with Gasteiger partial charge in [0.25, 0.3) is 5.91 Å². The lowest BCUT2D eigenvalue weighted by Crippen LogP contribution is -2.45. The lowest BCUT2D eigenvalue weighted by Gasteiger charge is -2.29. The third-order valence-corrected chi connectivity index (χ3v) is 2.92. The van der Waals surface area contributed by atoms with E-state index < -0.39 is 6.10 Å². The average molecular weight is 262 g/mol. The van der Waals surface area contributed by atoms with E-state index in [9.17, 15) is 9.90 Å². The fourth-order valence-corrected chi connectivity index (χ4v) is 1.92. The number of nitrogens with zero attached hydrogens (tertiary/aromatic N) is 2. The van der Waals surface area contributed by atoms with Crippen molar-refractivity contribution in [3.8, 4) is 17.6 Å². The molecule has 1 aromatic rings. The van der Waals surface area contributed by atoms with Gasteiger partial charge in [0, 0.05) is 12.1 Å². The fraction of sp³-hybridized carbons (Fsp3) is 0.385. The van der Waals surface area contributed by atoms with Crippen molar-refractivity contribution in [1.29, 1.82) is 5.26 Å². The van der Waals surface area contributed by atoms with Gasteiger partial charge in [0.1, 0.15) is 0 Å². The summed E-state index contributed by atoms with van der Waals surface area (Å²) in [5, 5.41) is 18.5. The summed E-state index contributed by atoms with van der Waals surface area (Å²) in [5.74, 6) is -0.00613. The number of phenols is 1. The minimum Gasteiger partial charge on any atom is -0.504 e. The molecule has 100 valence electrons. The Morgan fingerprint density at radius 1 is 1.63 bits per heavy atom. The fourth-order valence-electron chi connectivity index (χ4n) is 1.92. The largest absolute Gasteiger partial charge is 0.504 e. The molecule has 0 aromatic heterocycles. The number of hydrogen-bond donors (Lipinski definition) is 1. The second-order valence-corrected chi connectivity index (χ2v) is 4.13. The van der Waals surface area contributed by atoms with Crippen molar-refractivity contribution >= 4 is 5.91 Å². The van der Waals surface area contributed by atoms with E-state index in [0.29, 0.717) is 24.5 Å². The summed E-state index contributed by atoms with van der Waals surface area (Å²) in [6.07, 6.45) is -0.593. The zero-order chi connectivity index (χ0) is 13.8. The van der Waals surface area contributed by atoms with Gasteiger partial charge in [0.05, 0.1) is 26.3 Å². The predicted octanol–water partition coefficient (Wildman–Crippen LogP) is 0.765. The van der Waals surface area contributed by atoms with Crippen LogP contribution in [0.4, 0.5) is 0 Å². The predicted molar refractivity (Wildman–Crippen MR) is 65.9 cm³/mol. The van der Waals surface area contributed by atoms with Crippen LogP contribution < -0.4 is 4.74 Å². The molecule has 1 atom stereocenters. The summed E-state index contributed by atoms with van der Waals surface area (Å²) < 4.78 is 10.1. The maximum atomic E-state index is 12.2. The molecule has 1 saturated heterocycles. The second-order valence-electron chi connectivity index (χ2n) is 4.13. The van der Waals surface area contributed by atoms with Gasteiger partial charge in [-0.1, -0.05) is 0 Å². The number of phenolic OH excluding ortho intramolecular Hbond substituents is 1. The first-order chi connectivity index (χ1) is 9.15. The molecule has 0 aliphatic carbocycles. The molecule has 1 N–H and O–H groups in total. The van der Waals surface area contributed by atoms with Gasteiger partial charge in [0.2, 0.25) is 0 Å². The molecule has 2 rings (SSSR count). The number of rotatable bonds is 2. The van der Waals surface area contributed by atoms with Crippen LogP contribution in [0.3, 0.4) is 0 Å². The van der Waals surface area contributed by atoms with Crippen LogP contribution in [0.2, 0.25) is 0 Å². The summed E-state index contributed by atoms with van der Waals surface area (Å²) >= 11 is 0. The lowest BCUT2D eigenvalue weighted by molar-refractivity contribution is 0.00345. The molecular weight excluding hydrogens is 248 g/mol. The van der Waals surface area contributed by atoms with Crippen molar-refractivity contribution in [2.75, 3.05) is 26.8 Å². The van der Waals surface area contributed by atoms with E-state index in [1.165, 1.54) is 19.2 Å². The Kier molecular flexibility index (Phi) is 3.88. The standard InChI is InChI=1S/C13H14N2O4/c1-18-12-3-2-9(6-11(12)16)13(17)15-4-5-19-10(7-14)8-15/h2-3,6,10,16H,4-5,8H2,1H3. The normalized spacial score (nSPS) is 18.7. The molecular formula is C13H14N2O4. The highest BCUT2D eigenvalue weighted by Gasteiger charge is 2.25. The van der Waals surface area contributed by atoms with Gasteiger partial charge in [-0.3, -0.25) is 4.79 Å². The zero-order valence-corrected chi connectivity index (χ0v) is 10.5. The molecule has 0 radical (unpaired) electrons. The highest BCUT2D eigenvalue weighted by atomic mass is 16.5. The van der Waals surface area contributed by atoms with Crippen LogP contribution in [0.5, 0.6) is 11.5 Å². The van der Waals surface area contributed by atoms with E-state index in [2.05, 4.69) is 0 Å². The van der Waals surface area contributed by atoms with Crippen molar-refractivity contribution in [2.45, 2.75) is 6.10 Å². The number of amides is 1. The number of nitriles is 1. The van der Waals surface area contributed by atoms with E-state index in [1.807, 2.05) is 6.07 Å². The first-order valence-corrected chi connectivity index (χ1v) is 5.83. The number of hydrogen-bond acceptors (Lipinski definition) is 5. The summed E-state index contributed by atoms with van der Waals surface area (Å²) in [4.78, 5) is 13.8. The van der Waals surface area contributed by atoms with Crippen LogP contribution in [0, 0.1) is 11.3 Å². The van der Waals surface area contributed by atoms with Crippen LogP contribution in [-0.2, 0) is 4.74 Å². The lowest BCUT2D eigenvalue weighted by atomic mass is 10.1. The van der Waals surface area contributed by atoms with E-state index in [1.54, 1.807) is 11.0 Å². The quantitative estimate of drug-likeness (QED) is 0.851. The summed E-state index contributed by atoms with van der Waals surface area (Å²) in [6.45, 7) is 1.01. The van der Waals surface area contributed by atoms with Crippen LogP contribution in [0.1, 0.15) is 10.4 Å². The molecule has 1 amide bonds. The number of methoxy groups -OCH3 is 1. The highest BCUT2D eigenvalue weighted by molar-refractivity contribution is 5.95. The molecule has 1 aromatic carbocycles. The minimum absolute atomic E-state index is 0.0848. The Hall–Kier alpha value is -2.26. The SMILES string of the molecule is COc1ccc(C(=O)N2CCOC(C#N)C2)cc1O. The molecule has 1 fully saturated rings. The highest BCUT2D eigenvalue weighted by Crippen LogP contribution is 2.27. The number of morpholine rings is 1. The van der Waals surface area contributed by atoms with Gasteiger partial charge in [-0.25, -0.2) is 0 Å². The Morgan fingerprint density at radius 2 is 2.42 bits per heavy atom. The number of benzene rings is 1. The van der Waals surface area contributed by atoms with Crippen molar-refractivity contribution in [2.24, 2.45) is 0 Å². The summed E-state index contributed by atoms with van der Waals surface area (Å²) in [6, 6.07) is 6.46.